The highest BCUT2D eigenvalue weighted by molar-refractivity contribution is 6.35. The van der Waals surface area contributed by atoms with Crippen molar-refractivity contribution < 1.29 is 9.90 Å². The lowest BCUT2D eigenvalue weighted by Gasteiger charge is -2.04. The van der Waals surface area contributed by atoms with E-state index in [2.05, 4.69) is 29.0 Å². The van der Waals surface area contributed by atoms with Crippen molar-refractivity contribution >= 4 is 23.4 Å². The Labute approximate surface area is 205 Å². The number of carboxylic acids is 1. The van der Waals surface area contributed by atoms with Crippen LogP contribution in [0.4, 0.5) is 5.82 Å². The van der Waals surface area contributed by atoms with Gasteiger partial charge in [0.1, 0.15) is 16.7 Å². The summed E-state index contributed by atoms with van der Waals surface area (Å²) in [6, 6.07) is 0. The number of aromatic nitrogens is 2. The number of nitrogens with zero attached hydrogens (tertiary/aromatic N) is 2. The van der Waals surface area contributed by atoms with Gasteiger partial charge in [0.15, 0.2) is 5.69 Å². The number of hydrogen-bond donors (Lipinski definition) is 3. The third kappa shape index (κ3) is 14.3. The lowest BCUT2D eigenvalue weighted by molar-refractivity contribution is 0.0690. The zero-order chi connectivity index (χ0) is 24.3. The van der Waals surface area contributed by atoms with E-state index in [1.54, 1.807) is 0 Å². The number of anilines is 1. The van der Waals surface area contributed by atoms with Gasteiger partial charge in [0.05, 0.1) is 0 Å². The van der Waals surface area contributed by atoms with E-state index in [1.807, 2.05) is 0 Å². The maximum absolute atomic E-state index is 10.7. The van der Waals surface area contributed by atoms with E-state index in [4.69, 9.17) is 28.2 Å². The Morgan fingerprint density at radius 2 is 1.45 bits per heavy atom. The molecule has 1 aromatic heterocycles. The summed E-state index contributed by atoms with van der Waals surface area (Å²) in [7, 11) is 0. The van der Waals surface area contributed by atoms with Gasteiger partial charge in [0, 0.05) is 5.92 Å². The van der Waals surface area contributed by atoms with Crippen molar-refractivity contribution in [3.05, 3.63) is 28.7 Å². The van der Waals surface area contributed by atoms with Crippen molar-refractivity contribution in [2.45, 2.75) is 116 Å². The number of allylic oxidation sites excluding steroid dienone is 2. The van der Waals surface area contributed by atoms with Crippen LogP contribution in [0.3, 0.4) is 0 Å². The fourth-order valence-corrected chi connectivity index (χ4v) is 3.71. The van der Waals surface area contributed by atoms with E-state index < -0.39 is 5.97 Å². The Morgan fingerprint density at radius 1 is 0.939 bits per heavy atom. The van der Waals surface area contributed by atoms with Gasteiger partial charge in [-0.2, -0.15) is 0 Å². The van der Waals surface area contributed by atoms with E-state index in [9.17, 15) is 4.79 Å². The molecule has 5 N–H and O–H groups in total. The number of carboxylic acid groups (broad SMARTS) is 1. The molecule has 33 heavy (non-hydrogen) atoms. The van der Waals surface area contributed by atoms with Crippen LogP contribution in [-0.2, 0) is 0 Å². The van der Waals surface area contributed by atoms with Crippen LogP contribution in [0.1, 0.15) is 132 Å². The van der Waals surface area contributed by atoms with Gasteiger partial charge in [-0.3, -0.25) is 0 Å². The lowest BCUT2D eigenvalue weighted by atomic mass is 10.1. The summed E-state index contributed by atoms with van der Waals surface area (Å²) >= 11 is 5.65. The highest BCUT2D eigenvalue weighted by Crippen LogP contribution is 2.39. The molecule has 1 fully saturated rings. The second-order valence-corrected chi connectivity index (χ2v) is 9.31. The normalized spacial score (nSPS) is 13.2. The Morgan fingerprint density at radius 3 is 1.94 bits per heavy atom. The standard InChI is InChI=1S/C18H37N.C8H8ClN3O2/c1-2-3-4-5-6-7-8-9-10-11-12-13-14-15-16-17-18-19;9-4-5(8(13)14)11-7(3-1-2-3)12-6(4)10/h9-10H,2-8,11-19H2,1H3;3H,1-2H2,(H,13,14)(H2,10,11,12)/b10-9-;. The molecule has 1 saturated carbocycles. The minimum absolute atomic E-state index is 0.0426. The van der Waals surface area contributed by atoms with Crippen molar-refractivity contribution in [2.24, 2.45) is 5.73 Å². The number of aromatic carboxylic acids is 1. The minimum atomic E-state index is -1.17. The quantitative estimate of drug-likeness (QED) is 0.159. The van der Waals surface area contributed by atoms with Gasteiger partial charge < -0.3 is 16.6 Å². The predicted molar refractivity (Wildman–Crippen MR) is 139 cm³/mol. The molecule has 0 radical (unpaired) electrons. The number of hydrogen-bond acceptors (Lipinski definition) is 5. The van der Waals surface area contributed by atoms with Crippen LogP contribution >= 0.6 is 11.6 Å². The van der Waals surface area contributed by atoms with Gasteiger partial charge in [-0.25, -0.2) is 14.8 Å². The zero-order valence-electron chi connectivity index (χ0n) is 20.5. The lowest BCUT2D eigenvalue weighted by Crippen LogP contribution is -2.09. The second kappa shape index (κ2) is 18.7. The Bertz CT molecular complexity index is 693. The van der Waals surface area contributed by atoms with Crippen LogP contribution in [0.15, 0.2) is 12.2 Å². The fraction of sp³-hybridized carbons (Fsp3) is 0.731. The summed E-state index contributed by atoms with van der Waals surface area (Å²) in [6.45, 7) is 3.14. The molecule has 0 saturated heterocycles. The summed E-state index contributed by atoms with van der Waals surface area (Å²) in [5.74, 6) is -0.385. The molecule has 2 rings (SSSR count). The molecule has 0 atom stereocenters. The second-order valence-electron chi connectivity index (χ2n) is 8.94. The van der Waals surface area contributed by atoms with Crippen LogP contribution < -0.4 is 11.5 Å². The molecule has 6 nitrogen and oxygen atoms in total. The molecular formula is C26H45ClN4O2. The van der Waals surface area contributed by atoms with Crippen LogP contribution in [0.5, 0.6) is 0 Å². The van der Waals surface area contributed by atoms with E-state index in [0.29, 0.717) is 5.82 Å². The van der Waals surface area contributed by atoms with Gasteiger partial charge in [-0.05, 0) is 51.5 Å². The first-order valence-corrected chi connectivity index (χ1v) is 13.3. The third-order valence-electron chi connectivity index (χ3n) is 5.76. The van der Waals surface area contributed by atoms with E-state index in [1.165, 1.54) is 89.9 Å². The molecular weight excluding hydrogens is 436 g/mol. The monoisotopic (exact) mass is 480 g/mol. The largest absolute Gasteiger partial charge is 0.476 e. The molecule has 0 bridgehead atoms. The van der Waals surface area contributed by atoms with Gasteiger partial charge >= 0.3 is 5.97 Å². The first-order chi connectivity index (χ1) is 16.0. The fourth-order valence-electron chi connectivity index (χ4n) is 3.54. The number of unbranched alkanes of at least 4 members (excludes halogenated alkanes) is 12. The Hall–Kier alpha value is -1.66. The maximum atomic E-state index is 10.7. The van der Waals surface area contributed by atoms with Crippen LogP contribution in [-0.4, -0.2) is 27.6 Å². The van der Waals surface area contributed by atoms with E-state index in [-0.39, 0.29) is 22.5 Å². The zero-order valence-corrected chi connectivity index (χ0v) is 21.3. The average molecular weight is 481 g/mol. The highest BCUT2D eigenvalue weighted by Gasteiger charge is 2.29. The van der Waals surface area contributed by atoms with Crippen molar-refractivity contribution in [3.63, 3.8) is 0 Å². The van der Waals surface area contributed by atoms with E-state index in [0.717, 1.165) is 19.4 Å². The predicted octanol–water partition coefficient (Wildman–Crippen LogP) is 7.27. The number of carbonyl (C=O) groups is 1. The smallest absolute Gasteiger partial charge is 0.356 e. The van der Waals surface area contributed by atoms with Gasteiger partial charge in [-0.15, -0.1) is 0 Å². The topological polar surface area (TPSA) is 115 Å². The number of halogens is 1. The first kappa shape index (κ1) is 29.4. The molecule has 0 spiro atoms. The van der Waals surface area contributed by atoms with Gasteiger partial charge in [-0.1, -0.05) is 88.5 Å². The molecule has 0 aliphatic heterocycles. The summed E-state index contributed by atoms with van der Waals surface area (Å²) < 4.78 is 0. The molecule has 0 amide bonds. The number of nitrogen functional groups attached to an aromatic ring is 1. The van der Waals surface area contributed by atoms with Gasteiger partial charge in [0.25, 0.3) is 0 Å². The average Bonchev–Trinajstić information content (AvgIpc) is 3.64. The van der Waals surface area contributed by atoms with Crippen molar-refractivity contribution in [1.29, 1.82) is 0 Å². The summed E-state index contributed by atoms with van der Waals surface area (Å²) in [6.07, 6.45) is 25.9. The number of nitrogens with two attached hydrogens (primary N) is 2. The summed E-state index contributed by atoms with van der Waals surface area (Å²) in [4.78, 5) is 18.6. The van der Waals surface area contributed by atoms with E-state index >= 15 is 0 Å². The molecule has 1 aliphatic carbocycles. The maximum Gasteiger partial charge on any atom is 0.356 e. The summed E-state index contributed by atoms with van der Waals surface area (Å²) in [5.41, 5.74) is 10.7. The van der Waals surface area contributed by atoms with Crippen molar-refractivity contribution in [1.82, 2.24) is 9.97 Å². The van der Waals surface area contributed by atoms with Crippen molar-refractivity contribution in [3.8, 4) is 0 Å². The van der Waals surface area contributed by atoms with Crippen LogP contribution in [0.2, 0.25) is 5.02 Å². The first-order valence-electron chi connectivity index (χ1n) is 12.9. The Balaban J connectivity index is 0.000000342. The minimum Gasteiger partial charge on any atom is -0.476 e. The third-order valence-corrected chi connectivity index (χ3v) is 6.13. The van der Waals surface area contributed by atoms with Crippen LogP contribution in [0, 0.1) is 0 Å². The summed E-state index contributed by atoms with van der Waals surface area (Å²) in [5, 5.41) is 8.70. The SMILES string of the molecule is CCCCCCCC/C=C\CCCCCCCCN.Nc1nc(C2CC2)nc(C(=O)O)c1Cl. The molecule has 188 valence electrons. The van der Waals surface area contributed by atoms with Crippen molar-refractivity contribution in [2.75, 3.05) is 12.3 Å². The Kier molecular flexibility index (Phi) is 16.7. The number of rotatable bonds is 17. The molecule has 1 aliphatic rings. The van der Waals surface area contributed by atoms with Crippen LogP contribution in [0.25, 0.3) is 0 Å². The van der Waals surface area contributed by atoms with Gasteiger partial charge in [0.2, 0.25) is 0 Å². The molecule has 1 heterocycles. The molecule has 7 heteroatoms. The molecule has 0 aromatic carbocycles. The highest BCUT2D eigenvalue weighted by atomic mass is 35.5. The molecule has 1 aromatic rings. The molecule has 0 unspecified atom stereocenters.